The van der Waals surface area contributed by atoms with Crippen molar-refractivity contribution in [3.05, 3.63) is 0 Å². The van der Waals surface area contributed by atoms with Gasteiger partial charge in [0.15, 0.2) is 0 Å². The van der Waals surface area contributed by atoms with Gasteiger partial charge in [-0.1, -0.05) is 13.8 Å². The van der Waals surface area contributed by atoms with Crippen LogP contribution >= 0.6 is 0 Å². The fourth-order valence-corrected chi connectivity index (χ4v) is 1.85. The summed E-state index contributed by atoms with van der Waals surface area (Å²) in [4.78, 5) is 0. The fourth-order valence-electron chi connectivity index (χ4n) is 1.85. The van der Waals surface area contributed by atoms with Gasteiger partial charge in [0, 0.05) is 18.6 Å². The van der Waals surface area contributed by atoms with Crippen LogP contribution in [0.25, 0.3) is 0 Å². The number of nitrogens with one attached hydrogen (secondary N) is 2. The molecule has 1 unspecified atom stereocenters. The van der Waals surface area contributed by atoms with Crippen LogP contribution in [-0.2, 0) is 0 Å². The Morgan fingerprint density at radius 3 is 2.67 bits per heavy atom. The second kappa shape index (κ2) is 5.55. The minimum atomic E-state index is 0.726. The molecular weight excluding hydrogens is 148 g/mol. The average Bonchev–Trinajstić information content (AvgIpc) is 2.16. The smallest absolute Gasteiger partial charge is 0.0195 e. The molecule has 2 heteroatoms. The molecule has 1 saturated heterocycles. The third kappa shape index (κ3) is 3.11. The molecule has 0 amide bonds. The first-order valence-electron chi connectivity index (χ1n) is 5.33. The van der Waals surface area contributed by atoms with E-state index in [0.717, 1.165) is 18.6 Å². The quantitative estimate of drug-likeness (QED) is 0.668. The van der Waals surface area contributed by atoms with Crippen LogP contribution < -0.4 is 10.6 Å². The highest BCUT2D eigenvalue weighted by Crippen LogP contribution is 2.05. The van der Waals surface area contributed by atoms with Crippen molar-refractivity contribution in [1.29, 1.82) is 0 Å². The Balaban J connectivity index is 2.18. The van der Waals surface area contributed by atoms with Crippen molar-refractivity contribution < 1.29 is 0 Å². The number of rotatable bonds is 4. The monoisotopic (exact) mass is 170 g/mol. The van der Waals surface area contributed by atoms with E-state index in [1.165, 1.54) is 32.2 Å². The largest absolute Gasteiger partial charge is 0.315 e. The Bertz CT molecular complexity index is 104. The Labute approximate surface area is 76.1 Å². The van der Waals surface area contributed by atoms with E-state index in [9.17, 15) is 0 Å². The molecular formula is C10H22N2. The van der Waals surface area contributed by atoms with Crippen molar-refractivity contribution in [3.63, 3.8) is 0 Å². The van der Waals surface area contributed by atoms with Gasteiger partial charge in [0.25, 0.3) is 0 Å². The first-order chi connectivity index (χ1) is 5.86. The first kappa shape index (κ1) is 10.0. The summed E-state index contributed by atoms with van der Waals surface area (Å²) in [5.41, 5.74) is 0. The van der Waals surface area contributed by atoms with Gasteiger partial charge in [-0.25, -0.2) is 0 Å². The predicted octanol–water partition coefficient (Wildman–Crippen LogP) is 1.52. The van der Waals surface area contributed by atoms with E-state index in [-0.39, 0.29) is 0 Å². The minimum Gasteiger partial charge on any atom is -0.315 e. The van der Waals surface area contributed by atoms with Crippen molar-refractivity contribution >= 4 is 0 Å². The van der Waals surface area contributed by atoms with E-state index in [0.29, 0.717) is 0 Å². The van der Waals surface area contributed by atoms with Crippen molar-refractivity contribution in [1.82, 2.24) is 10.6 Å². The van der Waals surface area contributed by atoms with E-state index < -0.39 is 0 Å². The average molecular weight is 170 g/mol. The lowest BCUT2D eigenvalue weighted by Gasteiger charge is -2.28. The summed E-state index contributed by atoms with van der Waals surface area (Å²) in [6.45, 7) is 6.90. The van der Waals surface area contributed by atoms with Gasteiger partial charge in [-0.2, -0.15) is 0 Å². The van der Waals surface area contributed by atoms with E-state index in [2.05, 4.69) is 24.5 Å². The zero-order chi connectivity index (χ0) is 8.81. The highest BCUT2D eigenvalue weighted by atomic mass is 15.0. The summed E-state index contributed by atoms with van der Waals surface area (Å²) in [5, 5.41) is 7.12. The SMILES string of the molecule is CCC(CC)NC1CCCNC1. The van der Waals surface area contributed by atoms with Crippen LogP contribution in [-0.4, -0.2) is 25.2 Å². The molecule has 0 aromatic rings. The molecule has 0 spiro atoms. The topological polar surface area (TPSA) is 24.1 Å². The standard InChI is InChI=1S/C10H22N2/c1-3-9(4-2)12-10-6-5-7-11-8-10/h9-12H,3-8H2,1-2H3. The van der Waals surface area contributed by atoms with Crippen LogP contribution in [0.5, 0.6) is 0 Å². The normalized spacial score (nSPS) is 24.8. The second-order valence-corrected chi connectivity index (χ2v) is 3.72. The van der Waals surface area contributed by atoms with Gasteiger partial charge in [-0.3, -0.25) is 0 Å². The summed E-state index contributed by atoms with van der Waals surface area (Å²) in [5.74, 6) is 0. The Morgan fingerprint density at radius 2 is 2.17 bits per heavy atom. The molecule has 72 valence electrons. The summed E-state index contributed by atoms with van der Waals surface area (Å²) in [6, 6.07) is 1.46. The van der Waals surface area contributed by atoms with E-state index in [1.807, 2.05) is 0 Å². The van der Waals surface area contributed by atoms with Crippen LogP contribution in [0, 0.1) is 0 Å². The third-order valence-electron chi connectivity index (χ3n) is 2.75. The van der Waals surface area contributed by atoms with Gasteiger partial charge in [-0.05, 0) is 32.2 Å². The maximum absolute atomic E-state index is 3.69. The lowest BCUT2D eigenvalue weighted by atomic mass is 10.0. The summed E-state index contributed by atoms with van der Waals surface area (Å²) in [7, 11) is 0. The Morgan fingerprint density at radius 1 is 1.42 bits per heavy atom. The zero-order valence-electron chi connectivity index (χ0n) is 8.40. The molecule has 12 heavy (non-hydrogen) atoms. The lowest BCUT2D eigenvalue weighted by Crippen LogP contribution is -2.47. The van der Waals surface area contributed by atoms with E-state index >= 15 is 0 Å². The van der Waals surface area contributed by atoms with Gasteiger partial charge in [0.2, 0.25) is 0 Å². The molecule has 1 fully saturated rings. The highest BCUT2D eigenvalue weighted by Gasteiger charge is 2.14. The third-order valence-corrected chi connectivity index (χ3v) is 2.75. The maximum Gasteiger partial charge on any atom is 0.0195 e. The molecule has 0 aromatic heterocycles. The van der Waals surface area contributed by atoms with Crippen LogP contribution in [0.2, 0.25) is 0 Å². The van der Waals surface area contributed by atoms with Gasteiger partial charge >= 0.3 is 0 Å². The molecule has 1 heterocycles. The molecule has 0 aliphatic carbocycles. The minimum absolute atomic E-state index is 0.726. The summed E-state index contributed by atoms with van der Waals surface area (Å²) < 4.78 is 0. The van der Waals surface area contributed by atoms with Gasteiger partial charge in [-0.15, -0.1) is 0 Å². The second-order valence-electron chi connectivity index (χ2n) is 3.72. The lowest BCUT2D eigenvalue weighted by molar-refractivity contribution is 0.340. The Kier molecular flexibility index (Phi) is 4.62. The molecule has 1 aliphatic rings. The van der Waals surface area contributed by atoms with Crippen LogP contribution in [0.1, 0.15) is 39.5 Å². The molecule has 2 N–H and O–H groups in total. The zero-order valence-corrected chi connectivity index (χ0v) is 8.40. The van der Waals surface area contributed by atoms with Crippen molar-refractivity contribution in [2.24, 2.45) is 0 Å². The maximum atomic E-state index is 3.69. The fraction of sp³-hybridized carbons (Fsp3) is 1.00. The molecule has 0 saturated carbocycles. The molecule has 1 rings (SSSR count). The summed E-state index contributed by atoms with van der Waals surface area (Å²) >= 11 is 0. The van der Waals surface area contributed by atoms with E-state index in [1.54, 1.807) is 0 Å². The van der Waals surface area contributed by atoms with Crippen LogP contribution in [0.3, 0.4) is 0 Å². The van der Waals surface area contributed by atoms with Crippen molar-refractivity contribution in [2.45, 2.75) is 51.6 Å². The molecule has 1 aliphatic heterocycles. The predicted molar refractivity (Wildman–Crippen MR) is 53.4 cm³/mol. The van der Waals surface area contributed by atoms with Crippen LogP contribution in [0.15, 0.2) is 0 Å². The van der Waals surface area contributed by atoms with Gasteiger partial charge in [0.05, 0.1) is 0 Å². The van der Waals surface area contributed by atoms with Crippen molar-refractivity contribution in [3.8, 4) is 0 Å². The van der Waals surface area contributed by atoms with E-state index in [4.69, 9.17) is 0 Å². The van der Waals surface area contributed by atoms with Gasteiger partial charge in [0.1, 0.15) is 0 Å². The van der Waals surface area contributed by atoms with Crippen molar-refractivity contribution in [2.75, 3.05) is 13.1 Å². The number of hydrogen-bond acceptors (Lipinski definition) is 2. The summed E-state index contributed by atoms with van der Waals surface area (Å²) in [6.07, 6.45) is 5.20. The molecule has 0 bridgehead atoms. The Hall–Kier alpha value is -0.0800. The van der Waals surface area contributed by atoms with Gasteiger partial charge < -0.3 is 10.6 Å². The number of piperidine rings is 1. The molecule has 2 nitrogen and oxygen atoms in total. The molecule has 0 aromatic carbocycles. The highest BCUT2D eigenvalue weighted by molar-refractivity contribution is 4.78. The molecule has 1 atom stereocenters. The molecule has 0 radical (unpaired) electrons. The van der Waals surface area contributed by atoms with Crippen LogP contribution in [0.4, 0.5) is 0 Å². The first-order valence-corrected chi connectivity index (χ1v) is 5.33. The number of hydrogen-bond donors (Lipinski definition) is 2.